The van der Waals surface area contributed by atoms with Crippen LogP contribution in [0.3, 0.4) is 0 Å². The Bertz CT molecular complexity index is 965. The van der Waals surface area contributed by atoms with Crippen molar-refractivity contribution in [2.24, 2.45) is 4.99 Å². The molecule has 0 aromatic heterocycles. The fraction of sp³-hybridized carbons (Fsp3) is 0.136. The van der Waals surface area contributed by atoms with Crippen LogP contribution in [0.15, 0.2) is 93.6 Å². The first kappa shape index (κ1) is 16.7. The molecule has 4 rings (SSSR count). The highest BCUT2D eigenvalue weighted by Crippen LogP contribution is 2.28. The highest BCUT2D eigenvalue weighted by molar-refractivity contribution is 7.85. The molecular weight excluding hydrogens is 342 g/mol. The highest BCUT2D eigenvalue weighted by atomic mass is 32.2. The molecule has 130 valence electrons. The molecule has 3 aromatic rings. The van der Waals surface area contributed by atoms with Crippen LogP contribution in [0.2, 0.25) is 0 Å². The zero-order valence-corrected chi connectivity index (χ0v) is 15.3. The number of hydrogen-bond acceptors (Lipinski definition) is 3. The third kappa shape index (κ3) is 3.33. The molecule has 0 bridgehead atoms. The lowest BCUT2D eigenvalue weighted by Gasteiger charge is -2.09. The van der Waals surface area contributed by atoms with Crippen molar-refractivity contribution in [2.45, 2.75) is 22.8 Å². The lowest BCUT2D eigenvalue weighted by molar-refractivity contribution is 0.319. The number of rotatable bonds is 4. The molecule has 3 nitrogen and oxygen atoms in total. The van der Waals surface area contributed by atoms with Crippen molar-refractivity contribution in [3.63, 3.8) is 0 Å². The van der Waals surface area contributed by atoms with Crippen LogP contribution in [0.1, 0.15) is 22.7 Å². The van der Waals surface area contributed by atoms with Crippen molar-refractivity contribution < 1.29 is 8.95 Å². The first-order valence-corrected chi connectivity index (χ1v) is 9.71. The third-order valence-electron chi connectivity index (χ3n) is 4.39. The van der Waals surface area contributed by atoms with Crippen LogP contribution in [-0.2, 0) is 15.5 Å². The Morgan fingerprint density at radius 2 is 1.62 bits per heavy atom. The smallest absolute Gasteiger partial charge is 0.218 e. The number of aliphatic imine (C=N–C) groups is 1. The Kier molecular flexibility index (Phi) is 4.67. The first-order chi connectivity index (χ1) is 12.7. The van der Waals surface area contributed by atoms with E-state index in [-0.39, 0.29) is 6.04 Å². The predicted molar refractivity (Wildman–Crippen MR) is 104 cm³/mol. The van der Waals surface area contributed by atoms with Crippen LogP contribution < -0.4 is 0 Å². The molecule has 0 aliphatic carbocycles. The molecule has 0 N–H and O–H groups in total. The summed E-state index contributed by atoms with van der Waals surface area (Å²) >= 11 is 0. The van der Waals surface area contributed by atoms with E-state index in [1.165, 1.54) is 0 Å². The molecule has 3 aromatic carbocycles. The number of nitrogens with zero attached hydrogens (tertiary/aromatic N) is 1. The van der Waals surface area contributed by atoms with E-state index in [0.29, 0.717) is 12.5 Å². The Morgan fingerprint density at radius 3 is 2.38 bits per heavy atom. The Labute approximate surface area is 155 Å². The number of aryl methyl sites for hydroxylation is 1. The molecule has 0 saturated heterocycles. The average molecular weight is 361 g/mol. The van der Waals surface area contributed by atoms with Crippen molar-refractivity contribution in [1.29, 1.82) is 0 Å². The van der Waals surface area contributed by atoms with Crippen LogP contribution in [-0.4, -0.2) is 16.7 Å². The van der Waals surface area contributed by atoms with Gasteiger partial charge in [-0.25, -0.2) is 9.20 Å². The number of benzene rings is 3. The van der Waals surface area contributed by atoms with Gasteiger partial charge in [-0.3, -0.25) is 0 Å². The molecular formula is C22H19NO2S. The molecule has 26 heavy (non-hydrogen) atoms. The van der Waals surface area contributed by atoms with Gasteiger partial charge in [0.05, 0.1) is 21.3 Å². The van der Waals surface area contributed by atoms with E-state index < -0.39 is 10.8 Å². The molecule has 1 heterocycles. The molecule has 0 fully saturated rings. The monoisotopic (exact) mass is 361 g/mol. The maximum Gasteiger partial charge on any atom is 0.218 e. The highest BCUT2D eigenvalue weighted by Gasteiger charge is 2.24. The van der Waals surface area contributed by atoms with E-state index in [2.05, 4.69) is 12.1 Å². The zero-order valence-electron chi connectivity index (χ0n) is 14.5. The topological polar surface area (TPSA) is 38.7 Å². The van der Waals surface area contributed by atoms with E-state index in [1.54, 1.807) is 0 Å². The Hall–Kier alpha value is -2.72. The van der Waals surface area contributed by atoms with E-state index in [0.717, 1.165) is 26.5 Å². The second-order valence-electron chi connectivity index (χ2n) is 6.25. The normalized spacial score (nSPS) is 17.4. The van der Waals surface area contributed by atoms with Gasteiger partial charge in [0, 0.05) is 4.90 Å². The van der Waals surface area contributed by atoms with Crippen molar-refractivity contribution in [3.8, 4) is 0 Å². The van der Waals surface area contributed by atoms with Crippen LogP contribution in [0.5, 0.6) is 0 Å². The summed E-state index contributed by atoms with van der Waals surface area (Å²) in [4.78, 5) is 6.24. The van der Waals surface area contributed by atoms with E-state index in [4.69, 9.17) is 9.73 Å². The average Bonchev–Trinajstić information content (AvgIpc) is 3.19. The summed E-state index contributed by atoms with van der Waals surface area (Å²) in [6.45, 7) is 2.52. The summed E-state index contributed by atoms with van der Waals surface area (Å²) in [6, 6.07) is 25.5. The molecule has 0 amide bonds. The summed E-state index contributed by atoms with van der Waals surface area (Å²) in [7, 11) is -1.28. The van der Waals surface area contributed by atoms with Gasteiger partial charge in [-0.15, -0.1) is 0 Å². The van der Waals surface area contributed by atoms with Crippen molar-refractivity contribution in [1.82, 2.24) is 0 Å². The minimum atomic E-state index is -1.28. The maximum atomic E-state index is 13.1. The quantitative estimate of drug-likeness (QED) is 0.677. The Morgan fingerprint density at radius 1 is 0.923 bits per heavy atom. The first-order valence-electron chi connectivity index (χ1n) is 8.56. The fourth-order valence-corrected chi connectivity index (χ4v) is 4.16. The molecule has 1 aliphatic heterocycles. The van der Waals surface area contributed by atoms with E-state index in [9.17, 15) is 4.21 Å². The van der Waals surface area contributed by atoms with Crippen LogP contribution in [0, 0.1) is 6.92 Å². The predicted octanol–water partition coefficient (Wildman–Crippen LogP) is 4.68. The van der Waals surface area contributed by atoms with Gasteiger partial charge in [-0.1, -0.05) is 60.2 Å². The van der Waals surface area contributed by atoms with Gasteiger partial charge in [0.2, 0.25) is 5.90 Å². The SMILES string of the molecule is Cc1ccc([S@](=O)c2ccccc2C2=N[C@@H](c3ccccc3)CO2)cc1. The standard InChI is InChI=1S/C22H19NO2S/c1-16-11-13-18(14-12-16)26(24)21-10-6-5-9-19(21)22-23-20(15-25-22)17-7-3-2-4-8-17/h2-14,20H,15H2,1H3/t20-,26+/m1/s1. The molecule has 1 aliphatic rings. The van der Waals surface area contributed by atoms with E-state index >= 15 is 0 Å². The maximum absolute atomic E-state index is 13.1. The second-order valence-corrected chi connectivity index (χ2v) is 7.70. The molecule has 4 heteroatoms. The second kappa shape index (κ2) is 7.26. The van der Waals surface area contributed by atoms with Gasteiger partial charge in [0.1, 0.15) is 12.6 Å². The zero-order chi connectivity index (χ0) is 17.9. The number of ether oxygens (including phenoxy) is 1. The third-order valence-corrected chi connectivity index (χ3v) is 5.84. The van der Waals surface area contributed by atoms with Gasteiger partial charge < -0.3 is 4.74 Å². The summed E-state index contributed by atoms with van der Waals surface area (Å²) in [5, 5.41) is 0. The van der Waals surface area contributed by atoms with E-state index in [1.807, 2.05) is 73.7 Å². The molecule has 2 atom stereocenters. The molecule has 0 unspecified atom stereocenters. The lowest BCUT2D eigenvalue weighted by Crippen LogP contribution is -2.07. The summed E-state index contributed by atoms with van der Waals surface area (Å²) in [5.74, 6) is 0.565. The van der Waals surface area contributed by atoms with Crippen LogP contribution >= 0.6 is 0 Å². The molecule has 0 saturated carbocycles. The largest absolute Gasteiger partial charge is 0.475 e. The molecule has 0 spiro atoms. The van der Waals surface area contributed by atoms with Crippen molar-refractivity contribution >= 4 is 16.7 Å². The minimum absolute atomic E-state index is 0.0212. The van der Waals surface area contributed by atoms with Crippen LogP contribution in [0.25, 0.3) is 0 Å². The summed E-state index contributed by atoms with van der Waals surface area (Å²) in [5.41, 5.74) is 3.07. The minimum Gasteiger partial charge on any atom is -0.475 e. The lowest BCUT2D eigenvalue weighted by atomic mass is 10.1. The van der Waals surface area contributed by atoms with Gasteiger partial charge >= 0.3 is 0 Å². The van der Waals surface area contributed by atoms with Crippen molar-refractivity contribution in [2.75, 3.05) is 6.61 Å². The summed E-state index contributed by atoms with van der Waals surface area (Å²) in [6.07, 6.45) is 0. The number of hydrogen-bond donors (Lipinski definition) is 0. The van der Waals surface area contributed by atoms with Gasteiger partial charge in [-0.05, 0) is 36.8 Å². The van der Waals surface area contributed by atoms with Gasteiger partial charge in [-0.2, -0.15) is 0 Å². The summed E-state index contributed by atoms with van der Waals surface area (Å²) < 4.78 is 19.0. The Balaban J connectivity index is 1.68. The van der Waals surface area contributed by atoms with Crippen LogP contribution in [0.4, 0.5) is 0 Å². The van der Waals surface area contributed by atoms with Gasteiger partial charge in [0.25, 0.3) is 0 Å². The van der Waals surface area contributed by atoms with Gasteiger partial charge in [0.15, 0.2) is 0 Å². The molecule has 0 radical (unpaired) electrons. The fourth-order valence-electron chi connectivity index (χ4n) is 2.96. The van der Waals surface area contributed by atoms with Crippen molar-refractivity contribution in [3.05, 3.63) is 95.6 Å².